The summed E-state index contributed by atoms with van der Waals surface area (Å²) in [7, 11) is 1.76. The maximum absolute atomic E-state index is 11.9. The minimum atomic E-state index is -0.338. The number of aliphatic hydroxyl groups excluding tert-OH is 1. The number of hydrogen-bond donors (Lipinski definition) is 1. The van der Waals surface area contributed by atoms with Crippen LogP contribution in [0.5, 0.6) is 0 Å². The van der Waals surface area contributed by atoms with Gasteiger partial charge in [-0.05, 0) is 79.3 Å². The number of hydrogen-bond acceptors (Lipinski definition) is 4. The first-order valence-electron chi connectivity index (χ1n) is 11.2. The van der Waals surface area contributed by atoms with Crippen molar-refractivity contribution in [2.45, 2.75) is 77.4 Å². The van der Waals surface area contributed by atoms with Gasteiger partial charge in [0.1, 0.15) is 6.10 Å². The van der Waals surface area contributed by atoms with Crippen molar-refractivity contribution >= 4 is 5.97 Å². The molecule has 5 aliphatic rings. The lowest BCUT2D eigenvalue weighted by molar-refractivity contribution is -0.174. The van der Waals surface area contributed by atoms with E-state index >= 15 is 0 Å². The van der Waals surface area contributed by atoms with Gasteiger partial charge in [0, 0.05) is 18.3 Å². The van der Waals surface area contributed by atoms with Gasteiger partial charge in [0.2, 0.25) is 0 Å². The Kier molecular flexibility index (Phi) is 4.25. The average molecular weight is 387 g/mol. The lowest BCUT2D eigenvalue weighted by Gasteiger charge is -2.60. The number of esters is 1. The highest BCUT2D eigenvalue weighted by molar-refractivity contribution is 5.71. The zero-order chi connectivity index (χ0) is 19.7. The second-order valence-corrected chi connectivity index (χ2v) is 10.5. The van der Waals surface area contributed by atoms with E-state index in [-0.39, 0.29) is 34.9 Å². The van der Waals surface area contributed by atoms with Gasteiger partial charge < -0.3 is 14.6 Å². The maximum Gasteiger partial charge on any atom is 0.306 e. The quantitative estimate of drug-likeness (QED) is 0.731. The van der Waals surface area contributed by atoms with Gasteiger partial charge in [0.25, 0.3) is 0 Å². The number of carbonyl (C=O) groups is 1. The minimum absolute atomic E-state index is 0.0190. The van der Waals surface area contributed by atoms with Crippen molar-refractivity contribution in [3.8, 4) is 0 Å². The lowest BCUT2D eigenvalue weighted by atomic mass is 9.45. The summed E-state index contributed by atoms with van der Waals surface area (Å²) >= 11 is 0. The molecule has 1 saturated heterocycles. The first kappa shape index (κ1) is 18.7. The van der Waals surface area contributed by atoms with Crippen molar-refractivity contribution < 1.29 is 19.4 Å². The van der Waals surface area contributed by atoms with Crippen molar-refractivity contribution in [2.24, 2.45) is 34.5 Å². The van der Waals surface area contributed by atoms with Gasteiger partial charge in [-0.15, -0.1) is 0 Å². The summed E-state index contributed by atoms with van der Waals surface area (Å²) in [4.78, 5) is 11.9. The van der Waals surface area contributed by atoms with E-state index < -0.39 is 0 Å². The Morgan fingerprint density at radius 2 is 1.96 bits per heavy atom. The van der Waals surface area contributed by atoms with Crippen molar-refractivity contribution in [2.75, 3.05) is 7.11 Å². The smallest absolute Gasteiger partial charge is 0.306 e. The first-order valence-corrected chi connectivity index (χ1v) is 11.2. The third-order valence-corrected chi connectivity index (χ3v) is 8.97. The van der Waals surface area contributed by atoms with Crippen LogP contribution in [0.3, 0.4) is 0 Å². The van der Waals surface area contributed by atoms with Gasteiger partial charge in [-0.3, -0.25) is 4.79 Å². The van der Waals surface area contributed by atoms with Crippen LogP contribution in [0.15, 0.2) is 23.5 Å². The van der Waals surface area contributed by atoms with Crippen LogP contribution in [-0.4, -0.2) is 30.4 Å². The summed E-state index contributed by atoms with van der Waals surface area (Å²) in [6.45, 7) is 4.67. The summed E-state index contributed by atoms with van der Waals surface area (Å²) in [5.41, 5.74) is 1.28. The van der Waals surface area contributed by atoms with Crippen LogP contribution in [0.2, 0.25) is 0 Å². The topological polar surface area (TPSA) is 55.8 Å². The van der Waals surface area contributed by atoms with Gasteiger partial charge in [0.05, 0.1) is 19.0 Å². The predicted molar refractivity (Wildman–Crippen MR) is 106 cm³/mol. The van der Waals surface area contributed by atoms with E-state index in [0.29, 0.717) is 18.3 Å². The molecule has 1 N–H and O–H groups in total. The molecule has 5 rings (SSSR count). The summed E-state index contributed by atoms with van der Waals surface area (Å²) in [5.74, 6) is 3.05. The zero-order valence-corrected chi connectivity index (χ0v) is 17.4. The van der Waals surface area contributed by atoms with Crippen molar-refractivity contribution in [1.29, 1.82) is 0 Å². The minimum Gasteiger partial charge on any atom is -0.501 e. The van der Waals surface area contributed by atoms with Gasteiger partial charge >= 0.3 is 5.97 Å². The van der Waals surface area contributed by atoms with Crippen LogP contribution < -0.4 is 0 Å². The SMILES string of the molecule is COC1=CC2=CCC3C([C@H](O)C[C@](C)([C@H]4CCC(=O)O4)C3C3CC3)[C@@]2(C)CC1. The number of fused-ring (bicyclic) bond motifs is 3. The highest BCUT2D eigenvalue weighted by atomic mass is 16.6. The second kappa shape index (κ2) is 6.35. The molecule has 1 heterocycles. The Balaban J connectivity index is 1.53. The van der Waals surface area contributed by atoms with Crippen molar-refractivity contribution in [3.05, 3.63) is 23.5 Å². The number of carbonyl (C=O) groups excluding carboxylic acids is 1. The first-order chi connectivity index (χ1) is 13.4. The third kappa shape index (κ3) is 2.63. The number of aliphatic hydroxyl groups is 1. The Hall–Kier alpha value is -1.29. The van der Waals surface area contributed by atoms with E-state index in [1.807, 2.05) is 0 Å². The largest absolute Gasteiger partial charge is 0.501 e. The average Bonchev–Trinajstić information content (AvgIpc) is 3.39. The Morgan fingerprint density at radius 3 is 2.61 bits per heavy atom. The van der Waals surface area contributed by atoms with E-state index in [4.69, 9.17) is 9.47 Å². The monoisotopic (exact) mass is 386 g/mol. The van der Waals surface area contributed by atoms with Crippen LogP contribution in [0.25, 0.3) is 0 Å². The second-order valence-electron chi connectivity index (χ2n) is 10.5. The molecule has 4 heteroatoms. The molecule has 2 saturated carbocycles. The molecule has 0 amide bonds. The number of ether oxygens (including phenoxy) is 2. The van der Waals surface area contributed by atoms with Gasteiger partial charge in [-0.2, -0.15) is 0 Å². The van der Waals surface area contributed by atoms with E-state index in [2.05, 4.69) is 26.0 Å². The molecule has 0 bridgehead atoms. The fraction of sp³-hybridized carbons (Fsp3) is 0.792. The van der Waals surface area contributed by atoms with E-state index in [1.165, 1.54) is 18.4 Å². The molecule has 7 atom stereocenters. The van der Waals surface area contributed by atoms with E-state index in [9.17, 15) is 9.90 Å². The number of allylic oxidation sites excluding steroid dienone is 4. The molecular formula is C24H34O4. The molecule has 3 fully saturated rings. The normalized spacial score (nSPS) is 48.1. The van der Waals surface area contributed by atoms with Crippen molar-refractivity contribution in [3.63, 3.8) is 0 Å². The van der Waals surface area contributed by atoms with Crippen LogP contribution in [0.1, 0.15) is 65.2 Å². The van der Waals surface area contributed by atoms with Crippen LogP contribution >= 0.6 is 0 Å². The maximum atomic E-state index is 11.9. The molecule has 28 heavy (non-hydrogen) atoms. The highest BCUT2D eigenvalue weighted by Gasteiger charge is 2.63. The van der Waals surface area contributed by atoms with E-state index in [1.54, 1.807) is 7.11 Å². The molecule has 154 valence electrons. The van der Waals surface area contributed by atoms with Gasteiger partial charge in [-0.1, -0.05) is 19.9 Å². The fourth-order valence-electron chi connectivity index (χ4n) is 7.59. The summed E-state index contributed by atoms with van der Waals surface area (Å²) in [6, 6.07) is 0. The Labute approximate surface area is 168 Å². The molecule has 4 nitrogen and oxygen atoms in total. The van der Waals surface area contributed by atoms with Gasteiger partial charge in [0.15, 0.2) is 0 Å². The van der Waals surface area contributed by atoms with Gasteiger partial charge in [-0.25, -0.2) is 0 Å². The Bertz CT molecular complexity index is 735. The van der Waals surface area contributed by atoms with Crippen LogP contribution in [0.4, 0.5) is 0 Å². The molecule has 0 aromatic carbocycles. The molecule has 0 aromatic rings. The summed E-state index contributed by atoms with van der Waals surface area (Å²) in [6.07, 6.45) is 12.0. The van der Waals surface area contributed by atoms with Crippen molar-refractivity contribution in [1.82, 2.24) is 0 Å². The standard InChI is InChI=1S/C24H34O4/c1-23-11-10-16(27-3)12-15(23)6-7-17-21(14-4-5-14)24(2,13-18(25)22(17)23)19-8-9-20(26)28-19/h6,12,14,17-19,21-22,25H,4-5,7-11,13H2,1-3H3/t17?,18-,19-,21?,22?,23+,24-/m1/s1. The number of rotatable bonds is 3. The van der Waals surface area contributed by atoms with Crippen LogP contribution in [0, 0.1) is 34.5 Å². The summed E-state index contributed by atoms with van der Waals surface area (Å²) in [5, 5.41) is 11.5. The molecule has 0 spiro atoms. The molecule has 0 radical (unpaired) electrons. The number of methoxy groups -OCH3 is 1. The lowest BCUT2D eigenvalue weighted by Crippen LogP contribution is -2.59. The van der Waals surface area contributed by atoms with Crippen LogP contribution in [-0.2, 0) is 14.3 Å². The molecule has 0 aromatic heterocycles. The third-order valence-electron chi connectivity index (χ3n) is 8.97. The Morgan fingerprint density at radius 1 is 1.18 bits per heavy atom. The molecule has 1 aliphatic heterocycles. The summed E-state index contributed by atoms with van der Waals surface area (Å²) < 4.78 is 11.3. The fourth-order valence-corrected chi connectivity index (χ4v) is 7.59. The zero-order valence-electron chi connectivity index (χ0n) is 17.4. The number of cyclic esters (lactones) is 1. The molecular weight excluding hydrogens is 352 g/mol. The highest BCUT2D eigenvalue weighted by Crippen LogP contribution is 2.66. The molecule has 4 aliphatic carbocycles. The predicted octanol–water partition coefficient (Wildman–Crippen LogP) is 4.38. The van der Waals surface area contributed by atoms with E-state index in [0.717, 1.165) is 43.8 Å². The molecule has 3 unspecified atom stereocenters.